The molecule has 1 aromatic carbocycles. The first-order valence-corrected chi connectivity index (χ1v) is 8.52. The zero-order chi connectivity index (χ0) is 16.8. The van der Waals surface area contributed by atoms with Gasteiger partial charge in [-0.1, -0.05) is 12.1 Å². The average Bonchev–Trinajstić information content (AvgIpc) is 3.38. The van der Waals surface area contributed by atoms with Crippen LogP contribution in [0.3, 0.4) is 0 Å². The first-order chi connectivity index (χ1) is 10.7. The number of hydrogen-bond donors (Lipinski definition) is 1. The van der Waals surface area contributed by atoms with Crippen LogP contribution in [0, 0.1) is 5.41 Å². The van der Waals surface area contributed by atoms with Gasteiger partial charge in [0.2, 0.25) is 5.91 Å². The second-order valence-electron chi connectivity index (χ2n) is 6.82. The third kappa shape index (κ3) is 3.33. The van der Waals surface area contributed by atoms with E-state index >= 15 is 0 Å². The Morgan fingerprint density at radius 2 is 1.83 bits per heavy atom. The van der Waals surface area contributed by atoms with Crippen LogP contribution in [0.5, 0.6) is 0 Å². The van der Waals surface area contributed by atoms with Gasteiger partial charge in [0.25, 0.3) is 5.91 Å². The van der Waals surface area contributed by atoms with Crippen LogP contribution in [0.2, 0.25) is 0 Å². The second kappa shape index (κ2) is 5.67. The monoisotopic (exact) mass is 354 g/mol. The van der Waals surface area contributed by atoms with E-state index in [2.05, 4.69) is 5.32 Å². The van der Waals surface area contributed by atoms with Crippen molar-refractivity contribution in [3.8, 4) is 0 Å². The topological polar surface area (TPSA) is 49.4 Å². The minimum absolute atomic E-state index is 0.0389. The lowest BCUT2D eigenvalue weighted by Gasteiger charge is -2.22. The number of carbonyl (C=O) groups excluding carboxylic acids is 2. The van der Waals surface area contributed by atoms with E-state index in [0.717, 1.165) is 18.4 Å². The van der Waals surface area contributed by atoms with Crippen molar-refractivity contribution in [2.24, 2.45) is 5.41 Å². The van der Waals surface area contributed by atoms with Gasteiger partial charge in [0.1, 0.15) is 4.33 Å². The SMILES string of the molecule is CN(Cc1ccc(C(=O)NC2CC2)cc1)C(=O)C1(C)CC1(Cl)Cl. The Morgan fingerprint density at radius 1 is 1.26 bits per heavy atom. The molecule has 0 bridgehead atoms. The summed E-state index contributed by atoms with van der Waals surface area (Å²) in [5, 5.41) is 2.95. The molecule has 0 aliphatic heterocycles. The Hall–Kier alpha value is -1.26. The Morgan fingerprint density at radius 3 is 2.30 bits per heavy atom. The fourth-order valence-electron chi connectivity index (χ4n) is 2.66. The molecule has 6 heteroatoms. The molecule has 0 heterocycles. The van der Waals surface area contributed by atoms with Crippen molar-refractivity contribution in [3.63, 3.8) is 0 Å². The lowest BCUT2D eigenvalue weighted by atomic mass is 10.1. The molecule has 1 atom stereocenters. The van der Waals surface area contributed by atoms with E-state index in [0.29, 0.717) is 24.6 Å². The summed E-state index contributed by atoms with van der Waals surface area (Å²) in [6.07, 6.45) is 2.61. The van der Waals surface area contributed by atoms with Crippen LogP contribution >= 0.6 is 23.2 Å². The second-order valence-corrected chi connectivity index (χ2v) is 8.30. The van der Waals surface area contributed by atoms with Crippen LogP contribution in [0.25, 0.3) is 0 Å². The number of amides is 2. The highest BCUT2D eigenvalue weighted by Gasteiger charge is 2.68. The van der Waals surface area contributed by atoms with E-state index in [1.54, 1.807) is 31.0 Å². The minimum atomic E-state index is -0.955. The minimum Gasteiger partial charge on any atom is -0.349 e. The fraction of sp³-hybridized carbons (Fsp3) is 0.529. The number of nitrogens with zero attached hydrogens (tertiary/aromatic N) is 1. The quantitative estimate of drug-likeness (QED) is 0.825. The number of benzene rings is 1. The number of alkyl halides is 2. The molecule has 2 aliphatic rings. The number of hydrogen-bond acceptors (Lipinski definition) is 2. The smallest absolute Gasteiger partial charge is 0.251 e. The van der Waals surface area contributed by atoms with Gasteiger partial charge in [-0.2, -0.15) is 0 Å². The summed E-state index contributed by atoms with van der Waals surface area (Å²) in [5.41, 5.74) is 0.904. The van der Waals surface area contributed by atoms with Crippen LogP contribution in [0.1, 0.15) is 42.1 Å². The van der Waals surface area contributed by atoms with Gasteiger partial charge < -0.3 is 10.2 Å². The van der Waals surface area contributed by atoms with E-state index in [4.69, 9.17) is 23.2 Å². The van der Waals surface area contributed by atoms with Crippen molar-refractivity contribution in [1.29, 1.82) is 0 Å². The maximum Gasteiger partial charge on any atom is 0.251 e. The van der Waals surface area contributed by atoms with E-state index < -0.39 is 9.75 Å². The van der Waals surface area contributed by atoms with Crippen LogP contribution in [0.15, 0.2) is 24.3 Å². The zero-order valence-electron chi connectivity index (χ0n) is 13.2. The Balaban J connectivity index is 1.59. The van der Waals surface area contributed by atoms with E-state index in [1.165, 1.54) is 0 Å². The molecule has 0 aromatic heterocycles. The van der Waals surface area contributed by atoms with Gasteiger partial charge >= 0.3 is 0 Å². The van der Waals surface area contributed by atoms with Crippen molar-refractivity contribution >= 4 is 35.0 Å². The normalized spacial score (nSPS) is 24.9. The largest absolute Gasteiger partial charge is 0.349 e. The summed E-state index contributed by atoms with van der Waals surface area (Å²) in [7, 11) is 1.74. The van der Waals surface area contributed by atoms with Gasteiger partial charge in [-0.05, 0) is 43.9 Å². The summed E-state index contributed by atoms with van der Waals surface area (Å²) < 4.78 is -0.955. The lowest BCUT2D eigenvalue weighted by Crippen LogP contribution is -2.34. The van der Waals surface area contributed by atoms with Gasteiger partial charge in [0.15, 0.2) is 0 Å². The predicted octanol–water partition coefficient (Wildman–Crippen LogP) is 3.12. The van der Waals surface area contributed by atoms with Gasteiger partial charge in [-0.3, -0.25) is 9.59 Å². The molecule has 1 unspecified atom stereocenters. The Labute approximate surface area is 146 Å². The molecule has 2 saturated carbocycles. The third-order valence-corrected chi connectivity index (χ3v) is 5.73. The van der Waals surface area contributed by atoms with Crippen molar-refractivity contribution in [2.45, 2.75) is 43.1 Å². The number of carbonyl (C=O) groups is 2. The maximum absolute atomic E-state index is 12.4. The van der Waals surface area contributed by atoms with E-state index in [-0.39, 0.29) is 11.8 Å². The molecule has 2 fully saturated rings. The van der Waals surface area contributed by atoms with Gasteiger partial charge in [-0.15, -0.1) is 23.2 Å². The molecule has 0 saturated heterocycles. The molecular formula is C17H20Cl2N2O2. The van der Waals surface area contributed by atoms with E-state index in [9.17, 15) is 9.59 Å². The summed E-state index contributed by atoms with van der Waals surface area (Å²) in [4.78, 5) is 26.0. The molecule has 4 nitrogen and oxygen atoms in total. The number of halogens is 2. The summed E-state index contributed by atoms with van der Waals surface area (Å²) in [6, 6.07) is 7.66. The first-order valence-electron chi connectivity index (χ1n) is 7.76. The van der Waals surface area contributed by atoms with Crippen LogP contribution in [-0.2, 0) is 11.3 Å². The van der Waals surface area contributed by atoms with Crippen LogP contribution in [-0.4, -0.2) is 34.1 Å². The van der Waals surface area contributed by atoms with Crippen LogP contribution < -0.4 is 5.32 Å². The van der Waals surface area contributed by atoms with Crippen LogP contribution in [0.4, 0.5) is 0 Å². The Bertz CT molecular complexity index is 640. The van der Waals surface area contributed by atoms with E-state index in [1.807, 2.05) is 12.1 Å². The number of nitrogens with one attached hydrogen (secondary N) is 1. The van der Waals surface area contributed by atoms with Gasteiger partial charge in [0, 0.05) is 25.2 Å². The average molecular weight is 355 g/mol. The molecule has 124 valence electrons. The lowest BCUT2D eigenvalue weighted by molar-refractivity contribution is -0.135. The Kier molecular flexibility index (Phi) is 4.09. The predicted molar refractivity (Wildman–Crippen MR) is 90.6 cm³/mol. The van der Waals surface area contributed by atoms with Crippen molar-refractivity contribution < 1.29 is 9.59 Å². The molecule has 1 aromatic rings. The standard InChI is InChI=1S/C17H20Cl2N2O2/c1-16(10-17(16,18)19)15(23)21(2)9-11-3-5-12(6-4-11)14(22)20-13-7-8-13/h3-6,13H,7-10H2,1-2H3,(H,20,22). The third-order valence-electron chi connectivity index (χ3n) is 4.63. The molecule has 2 aliphatic carbocycles. The summed E-state index contributed by atoms with van der Waals surface area (Å²) in [6.45, 7) is 2.25. The molecule has 0 radical (unpaired) electrons. The van der Waals surface area contributed by atoms with Gasteiger partial charge in [-0.25, -0.2) is 0 Å². The highest BCUT2D eigenvalue weighted by atomic mass is 35.5. The number of rotatable bonds is 5. The molecule has 3 rings (SSSR count). The molecule has 0 spiro atoms. The molecule has 1 N–H and O–H groups in total. The fourth-order valence-corrected chi connectivity index (χ4v) is 3.35. The van der Waals surface area contributed by atoms with Crippen molar-refractivity contribution in [1.82, 2.24) is 10.2 Å². The van der Waals surface area contributed by atoms with Crippen molar-refractivity contribution in [3.05, 3.63) is 35.4 Å². The molecule has 2 amide bonds. The highest BCUT2D eigenvalue weighted by Crippen LogP contribution is 2.64. The first kappa shape index (κ1) is 16.6. The van der Waals surface area contributed by atoms with Crippen molar-refractivity contribution in [2.75, 3.05) is 7.05 Å². The zero-order valence-corrected chi connectivity index (χ0v) is 14.7. The van der Waals surface area contributed by atoms with Gasteiger partial charge in [0.05, 0.1) is 5.41 Å². The highest BCUT2D eigenvalue weighted by molar-refractivity contribution is 6.53. The summed E-state index contributed by atoms with van der Waals surface area (Å²) in [5.74, 6) is -0.0962. The molecule has 23 heavy (non-hydrogen) atoms. The maximum atomic E-state index is 12.4. The molecular weight excluding hydrogens is 335 g/mol. The summed E-state index contributed by atoms with van der Waals surface area (Å²) >= 11 is 12.1.